The van der Waals surface area contributed by atoms with Gasteiger partial charge in [-0.05, 0) is 43.2 Å². The van der Waals surface area contributed by atoms with Crippen molar-refractivity contribution in [1.82, 2.24) is 14.0 Å². The van der Waals surface area contributed by atoms with Crippen molar-refractivity contribution in [2.45, 2.75) is 39.7 Å². The number of esters is 1. The van der Waals surface area contributed by atoms with Crippen LogP contribution in [-0.4, -0.2) is 32.4 Å². The average molecular weight is 485 g/mol. The molecule has 1 aromatic carbocycles. The second-order valence-corrected chi connectivity index (χ2v) is 8.24. The van der Waals surface area contributed by atoms with Crippen molar-refractivity contribution in [2.24, 2.45) is 4.99 Å². The van der Waals surface area contributed by atoms with E-state index < -0.39 is 11.9 Å². The van der Waals surface area contributed by atoms with E-state index in [1.54, 1.807) is 42.0 Å². The van der Waals surface area contributed by atoms with Crippen LogP contribution >= 0.6 is 0 Å². The molecule has 36 heavy (non-hydrogen) atoms. The topological polar surface area (TPSA) is 95.0 Å². The number of hydrogen-bond acceptors (Lipinski definition) is 5. The first-order chi connectivity index (χ1) is 17.5. The number of carbonyl (C=O) groups is 2. The fourth-order valence-electron chi connectivity index (χ4n) is 3.96. The van der Waals surface area contributed by atoms with E-state index in [2.05, 4.69) is 11.9 Å². The van der Waals surface area contributed by atoms with Gasteiger partial charge < -0.3 is 9.30 Å². The molecule has 3 aromatic heterocycles. The molecule has 0 N–H and O–H groups in total. The molecule has 0 unspecified atom stereocenters. The molecule has 0 aliphatic carbocycles. The average Bonchev–Trinajstić information content (AvgIpc) is 2.89. The highest BCUT2D eigenvalue weighted by atomic mass is 16.5. The number of aromatic nitrogens is 3. The van der Waals surface area contributed by atoms with Gasteiger partial charge in [-0.3, -0.25) is 14.0 Å². The lowest BCUT2D eigenvalue weighted by atomic mass is 10.2. The van der Waals surface area contributed by atoms with E-state index in [9.17, 15) is 14.4 Å². The van der Waals surface area contributed by atoms with Crippen molar-refractivity contribution in [1.29, 1.82) is 0 Å². The highest BCUT2D eigenvalue weighted by Crippen LogP contribution is 2.13. The van der Waals surface area contributed by atoms with Crippen molar-refractivity contribution < 1.29 is 14.3 Å². The Morgan fingerprint density at radius 2 is 1.83 bits per heavy atom. The molecule has 0 radical (unpaired) electrons. The Labute approximate surface area is 208 Å². The summed E-state index contributed by atoms with van der Waals surface area (Å²) in [6.45, 7) is 4.35. The fourth-order valence-corrected chi connectivity index (χ4v) is 3.96. The maximum absolute atomic E-state index is 13.3. The summed E-state index contributed by atoms with van der Waals surface area (Å²) in [5.41, 5.74) is 1.55. The van der Waals surface area contributed by atoms with Crippen LogP contribution in [0, 0.1) is 0 Å². The lowest BCUT2D eigenvalue weighted by Crippen LogP contribution is -2.32. The number of rotatable bonds is 8. The second-order valence-electron chi connectivity index (χ2n) is 8.24. The summed E-state index contributed by atoms with van der Waals surface area (Å²) < 4.78 is 8.39. The molecule has 0 aliphatic heterocycles. The summed E-state index contributed by atoms with van der Waals surface area (Å²) in [7, 11) is 0. The summed E-state index contributed by atoms with van der Waals surface area (Å²) in [4.78, 5) is 48.2. The first kappa shape index (κ1) is 24.8. The highest BCUT2D eigenvalue weighted by Gasteiger charge is 2.19. The van der Waals surface area contributed by atoms with Crippen molar-refractivity contribution in [3.05, 3.63) is 93.8 Å². The third-order valence-corrected chi connectivity index (χ3v) is 5.70. The third kappa shape index (κ3) is 5.33. The maximum atomic E-state index is 13.3. The minimum absolute atomic E-state index is 0.0529. The molecular weight excluding hydrogens is 456 g/mol. The molecule has 4 aromatic rings. The molecule has 1 amide bonds. The highest BCUT2D eigenvalue weighted by molar-refractivity contribution is 5.95. The van der Waals surface area contributed by atoms with E-state index in [1.807, 2.05) is 30.3 Å². The number of amides is 1. The van der Waals surface area contributed by atoms with Crippen LogP contribution in [-0.2, 0) is 16.1 Å². The number of carbonyl (C=O) groups excluding carboxylic acids is 2. The van der Waals surface area contributed by atoms with Gasteiger partial charge in [0.25, 0.3) is 11.5 Å². The predicted octanol–water partition coefficient (Wildman–Crippen LogP) is 4.16. The van der Waals surface area contributed by atoms with Crippen molar-refractivity contribution in [3.63, 3.8) is 0 Å². The number of nitrogens with zero attached hydrogens (tertiary/aromatic N) is 4. The summed E-state index contributed by atoms with van der Waals surface area (Å²) >= 11 is 0. The lowest BCUT2D eigenvalue weighted by molar-refractivity contribution is -0.113. The van der Waals surface area contributed by atoms with E-state index in [0.29, 0.717) is 17.8 Å². The van der Waals surface area contributed by atoms with Crippen molar-refractivity contribution in [2.75, 3.05) is 6.61 Å². The van der Waals surface area contributed by atoms with Crippen LogP contribution in [0.1, 0.15) is 49.0 Å². The van der Waals surface area contributed by atoms with Gasteiger partial charge in [0.05, 0.1) is 12.0 Å². The second kappa shape index (κ2) is 11.4. The summed E-state index contributed by atoms with van der Waals surface area (Å²) in [6.07, 6.45) is 7.30. The SMILES string of the molecule is CCCCCn1c(=NC(=O)/C=C/c2ccccc2)c(C(=O)OCC)cc2c(=O)n3ccccc3nc21. The molecule has 0 spiro atoms. The Morgan fingerprint density at radius 1 is 1.06 bits per heavy atom. The van der Waals surface area contributed by atoms with Crippen LogP contribution in [0.5, 0.6) is 0 Å². The molecule has 0 saturated carbocycles. The normalized spacial score (nSPS) is 12.0. The number of benzene rings is 1. The number of ether oxygens (including phenoxy) is 1. The van der Waals surface area contributed by atoms with Gasteiger partial charge in [-0.2, -0.15) is 4.99 Å². The Kier molecular flexibility index (Phi) is 7.85. The predicted molar refractivity (Wildman–Crippen MR) is 138 cm³/mol. The molecule has 0 fully saturated rings. The quantitative estimate of drug-likeness (QED) is 0.162. The number of pyridine rings is 2. The molecule has 4 rings (SSSR count). The van der Waals surface area contributed by atoms with Crippen LogP contribution in [0.4, 0.5) is 0 Å². The standard InChI is InChI=1S/C28H28N4O4/c1-3-5-10-18-32-25-21(27(34)31-17-11-9-14-23(31)29-25)19-22(28(35)36-4-2)26(32)30-24(33)16-15-20-12-7-6-8-13-20/h6-9,11-17,19H,3-5,10,18H2,1-2H3/b16-15+,30-26?. The van der Waals surface area contributed by atoms with Gasteiger partial charge in [0.2, 0.25) is 0 Å². The molecule has 8 heteroatoms. The van der Waals surface area contributed by atoms with Crippen molar-refractivity contribution >= 4 is 34.6 Å². The maximum Gasteiger partial charge on any atom is 0.341 e. The Morgan fingerprint density at radius 3 is 2.58 bits per heavy atom. The van der Waals surface area contributed by atoms with E-state index in [0.717, 1.165) is 24.8 Å². The third-order valence-electron chi connectivity index (χ3n) is 5.70. The van der Waals surface area contributed by atoms with E-state index >= 15 is 0 Å². The van der Waals surface area contributed by atoms with Gasteiger partial charge in [0.1, 0.15) is 16.9 Å². The zero-order valence-electron chi connectivity index (χ0n) is 20.4. The van der Waals surface area contributed by atoms with Crippen LogP contribution in [0.2, 0.25) is 0 Å². The summed E-state index contributed by atoms with van der Waals surface area (Å²) in [5.74, 6) is -1.19. The zero-order chi connectivity index (χ0) is 25.5. The van der Waals surface area contributed by atoms with Gasteiger partial charge in [-0.15, -0.1) is 0 Å². The van der Waals surface area contributed by atoms with E-state index in [-0.39, 0.29) is 28.6 Å². The molecular formula is C28H28N4O4. The van der Waals surface area contributed by atoms with Crippen LogP contribution < -0.4 is 11.0 Å². The van der Waals surface area contributed by atoms with E-state index in [1.165, 1.54) is 16.5 Å². The summed E-state index contributed by atoms with van der Waals surface area (Å²) in [6, 6.07) is 16.1. The number of aryl methyl sites for hydroxylation is 1. The monoisotopic (exact) mass is 484 g/mol. The minimum Gasteiger partial charge on any atom is -0.462 e. The van der Waals surface area contributed by atoms with Crippen LogP contribution in [0.3, 0.4) is 0 Å². The van der Waals surface area contributed by atoms with Crippen LogP contribution in [0.25, 0.3) is 22.8 Å². The Hall–Kier alpha value is -4.33. The Balaban J connectivity index is 1.99. The smallest absolute Gasteiger partial charge is 0.341 e. The first-order valence-corrected chi connectivity index (χ1v) is 12.1. The molecule has 0 atom stereocenters. The van der Waals surface area contributed by atoms with Gasteiger partial charge in [0, 0.05) is 18.8 Å². The van der Waals surface area contributed by atoms with Gasteiger partial charge in [0.15, 0.2) is 5.49 Å². The van der Waals surface area contributed by atoms with Crippen LogP contribution in [0.15, 0.2) is 76.7 Å². The molecule has 3 heterocycles. The number of fused-ring (bicyclic) bond motifs is 2. The zero-order valence-corrected chi connectivity index (χ0v) is 20.4. The molecule has 0 saturated heterocycles. The number of unbranched alkanes of at least 4 members (excludes halogenated alkanes) is 2. The largest absolute Gasteiger partial charge is 0.462 e. The molecule has 0 aliphatic rings. The van der Waals surface area contributed by atoms with Gasteiger partial charge in [-0.25, -0.2) is 9.78 Å². The fraction of sp³-hybridized carbons (Fsp3) is 0.250. The van der Waals surface area contributed by atoms with E-state index in [4.69, 9.17) is 9.72 Å². The first-order valence-electron chi connectivity index (χ1n) is 12.1. The van der Waals surface area contributed by atoms with Gasteiger partial charge >= 0.3 is 5.97 Å². The Bertz CT molecular complexity index is 1570. The molecule has 0 bridgehead atoms. The van der Waals surface area contributed by atoms with Crippen molar-refractivity contribution in [3.8, 4) is 0 Å². The molecule has 8 nitrogen and oxygen atoms in total. The number of hydrogen-bond donors (Lipinski definition) is 0. The summed E-state index contributed by atoms with van der Waals surface area (Å²) in [5, 5.41) is 0.254. The van der Waals surface area contributed by atoms with Gasteiger partial charge in [-0.1, -0.05) is 56.2 Å². The lowest BCUT2D eigenvalue weighted by Gasteiger charge is -2.15. The molecule has 184 valence electrons. The minimum atomic E-state index is -0.653.